The molecular weight excluding hydrogens is 310 g/mol. The van der Waals surface area contributed by atoms with Crippen LogP contribution in [0.2, 0.25) is 0 Å². The zero-order chi connectivity index (χ0) is 15.7. The summed E-state index contributed by atoms with van der Waals surface area (Å²) in [6.07, 6.45) is 1.43. The van der Waals surface area contributed by atoms with Gasteiger partial charge in [-0.1, -0.05) is 0 Å². The Labute approximate surface area is 128 Å². The molecule has 1 aromatic carbocycles. The number of carbonyl (C=O) groups is 1. The van der Waals surface area contributed by atoms with Crippen LogP contribution in [0.1, 0.15) is 16.1 Å². The number of halogens is 2. The molecule has 7 heteroatoms. The van der Waals surface area contributed by atoms with Crippen molar-refractivity contribution in [3.05, 3.63) is 58.9 Å². The van der Waals surface area contributed by atoms with E-state index in [4.69, 9.17) is 4.42 Å². The van der Waals surface area contributed by atoms with Crippen LogP contribution in [0.4, 0.5) is 13.9 Å². The van der Waals surface area contributed by atoms with Crippen LogP contribution in [-0.4, -0.2) is 10.9 Å². The van der Waals surface area contributed by atoms with Crippen molar-refractivity contribution >= 4 is 22.4 Å². The number of amides is 1. The summed E-state index contributed by atoms with van der Waals surface area (Å²) in [4.78, 5) is 16.2. The van der Waals surface area contributed by atoms with E-state index in [9.17, 15) is 13.6 Å². The summed E-state index contributed by atoms with van der Waals surface area (Å²) in [6.45, 7) is 1.76. The van der Waals surface area contributed by atoms with Gasteiger partial charge in [-0.05, 0) is 31.2 Å². The quantitative estimate of drug-likeness (QED) is 0.785. The number of benzene rings is 1. The average molecular weight is 320 g/mol. The maximum atomic E-state index is 13.2. The van der Waals surface area contributed by atoms with Gasteiger partial charge < -0.3 is 4.42 Å². The lowest BCUT2D eigenvalue weighted by Crippen LogP contribution is -2.11. The van der Waals surface area contributed by atoms with E-state index in [2.05, 4.69) is 10.3 Å². The lowest BCUT2D eigenvalue weighted by Gasteiger charge is -2.00. The summed E-state index contributed by atoms with van der Waals surface area (Å²) in [5, 5.41) is 4.61. The fraction of sp³-hybridized carbons (Fsp3) is 0.0667. The molecule has 1 amide bonds. The van der Waals surface area contributed by atoms with E-state index in [0.29, 0.717) is 16.4 Å². The van der Waals surface area contributed by atoms with Gasteiger partial charge in [-0.15, -0.1) is 11.3 Å². The van der Waals surface area contributed by atoms with Gasteiger partial charge in [-0.3, -0.25) is 10.1 Å². The first-order chi connectivity index (χ1) is 10.5. The molecule has 112 valence electrons. The number of nitrogens with one attached hydrogen (secondary N) is 1. The Balaban J connectivity index is 1.80. The Morgan fingerprint density at radius 3 is 2.77 bits per heavy atom. The van der Waals surface area contributed by atoms with Crippen LogP contribution in [0.15, 0.2) is 40.3 Å². The number of aryl methyl sites for hydroxylation is 1. The van der Waals surface area contributed by atoms with Crippen molar-refractivity contribution in [2.45, 2.75) is 6.92 Å². The fourth-order valence-electron chi connectivity index (χ4n) is 1.88. The summed E-state index contributed by atoms with van der Waals surface area (Å²) >= 11 is 1.18. The molecule has 0 aliphatic rings. The molecule has 0 aliphatic heterocycles. The van der Waals surface area contributed by atoms with E-state index in [1.807, 2.05) is 0 Å². The van der Waals surface area contributed by atoms with Crippen molar-refractivity contribution in [1.82, 2.24) is 4.98 Å². The number of rotatable bonds is 3. The van der Waals surface area contributed by atoms with Crippen LogP contribution in [0.25, 0.3) is 11.3 Å². The molecule has 0 saturated heterocycles. The lowest BCUT2D eigenvalue weighted by molar-refractivity contribution is 0.0996. The van der Waals surface area contributed by atoms with Crippen molar-refractivity contribution in [1.29, 1.82) is 0 Å². The van der Waals surface area contributed by atoms with Crippen LogP contribution in [-0.2, 0) is 0 Å². The van der Waals surface area contributed by atoms with Gasteiger partial charge in [-0.2, -0.15) is 0 Å². The molecule has 2 heterocycles. The van der Waals surface area contributed by atoms with Crippen LogP contribution in [0.5, 0.6) is 0 Å². The third-order valence-electron chi connectivity index (χ3n) is 3.01. The first kappa shape index (κ1) is 14.4. The summed E-state index contributed by atoms with van der Waals surface area (Å²) in [5.74, 6) is -2.05. The molecule has 0 atom stereocenters. The third-order valence-corrected chi connectivity index (χ3v) is 3.77. The van der Waals surface area contributed by atoms with E-state index in [1.165, 1.54) is 23.7 Å². The Morgan fingerprint density at radius 2 is 2.09 bits per heavy atom. The van der Waals surface area contributed by atoms with Crippen molar-refractivity contribution in [3.63, 3.8) is 0 Å². The maximum absolute atomic E-state index is 13.2. The van der Waals surface area contributed by atoms with Gasteiger partial charge >= 0.3 is 0 Å². The monoisotopic (exact) mass is 320 g/mol. The molecule has 3 rings (SSSR count). The van der Waals surface area contributed by atoms with Gasteiger partial charge in [-0.25, -0.2) is 13.8 Å². The topological polar surface area (TPSA) is 55.1 Å². The molecular formula is C15H10F2N2O2S. The minimum absolute atomic E-state index is 0.213. The van der Waals surface area contributed by atoms with E-state index in [-0.39, 0.29) is 5.76 Å². The molecule has 4 nitrogen and oxygen atoms in total. The van der Waals surface area contributed by atoms with E-state index < -0.39 is 17.5 Å². The highest BCUT2D eigenvalue weighted by Crippen LogP contribution is 2.26. The Bertz CT molecular complexity index is 842. The first-order valence-electron chi connectivity index (χ1n) is 6.31. The molecule has 0 spiro atoms. The molecule has 22 heavy (non-hydrogen) atoms. The third kappa shape index (κ3) is 2.75. The van der Waals surface area contributed by atoms with Crippen LogP contribution >= 0.6 is 11.3 Å². The van der Waals surface area contributed by atoms with Crippen LogP contribution in [0.3, 0.4) is 0 Å². The highest BCUT2D eigenvalue weighted by Gasteiger charge is 2.15. The fourth-order valence-corrected chi connectivity index (χ4v) is 2.59. The predicted molar refractivity (Wildman–Crippen MR) is 78.9 cm³/mol. The van der Waals surface area contributed by atoms with E-state index >= 15 is 0 Å². The van der Waals surface area contributed by atoms with Gasteiger partial charge in [0, 0.05) is 16.5 Å². The Kier molecular flexibility index (Phi) is 3.72. The van der Waals surface area contributed by atoms with Crippen molar-refractivity contribution in [3.8, 4) is 11.3 Å². The van der Waals surface area contributed by atoms with Gasteiger partial charge in [0.2, 0.25) is 0 Å². The second-order valence-corrected chi connectivity index (χ2v) is 5.41. The van der Waals surface area contributed by atoms with Crippen molar-refractivity contribution in [2.24, 2.45) is 0 Å². The number of thiazole rings is 1. The number of furan rings is 1. The normalized spacial score (nSPS) is 10.7. The molecule has 0 bridgehead atoms. The first-order valence-corrected chi connectivity index (χ1v) is 7.19. The molecule has 0 fully saturated rings. The largest absolute Gasteiger partial charge is 0.459 e. The molecule has 1 N–H and O–H groups in total. The molecule has 0 unspecified atom stereocenters. The minimum Gasteiger partial charge on any atom is -0.459 e. The number of carbonyl (C=O) groups excluding carboxylic acids is 1. The van der Waals surface area contributed by atoms with Gasteiger partial charge in [0.25, 0.3) is 5.91 Å². The molecule has 2 aromatic heterocycles. The second kappa shape index (κ2) is 5.69. The Morgan fingerprint density at radius 1 is 1.27 bits per heavy atom. The number of hydrogen-bond donors (Lipinski definition) is 1. The predicted octanol–water partition coefficient (Wildman–Crippen LogP) is 4.24. The van der Waals surface area contributed by atoms with Crippen LogP contribution in [0, 0.1) is 18.6 Å². The molecule has 0 saturated carbocycles. The summed E-state index contributed by atoms with van der Waals surface area (Å²) in [7, 11) is 0. The van der Waals surface area contributed by atoms with Gasteiger partial charge in [0.05, 0.1) is 12.0 Å². The number of aromatic nitrogens is 1. The SMILES string of the molecule is Cc1ccoc1C(=O)Nc1nc(-c2ccc(F)c(F)c2)cs1. The molecule has 3 aromatic rings. The lowest BCUT2D eigenvalue weighted by atomic mass is 10.2. The standard InChI is InChI=1S/C15H10F2N2O2S/c1-8-4-5-21-13(8)14(20)19-15-18-12(7-22-15)9-2-3-10(16)11(17)6-9/h2-7H,1H3,(H,18,19,20). The smallest absolute Gasteiger partial charge is 0.293 e. The highest BCUT2D eigenvalue weighted by atomic mass is 32.1. The number of hydrogen-bond acceptors (Lipinski definition) is 4. The Hall–Kier alpha value is -2.54. The van der Waals surface area contributed by atoms with Crippen molar-refractivity contribution in [2.75, 3.05) is 5.32 Å². The summed E-state index contributed by atoms with van der Waals surface area (Å²) < 4.78 is 31.2. The summed E-state index contributed by atoms with van der Waals surface area (Å²) in [6, 6.07) is 5.21. The maximum Gasteiger partial charge on any atom is 0.293 e. The average Bonchev–Trinajstić information content (AvgIpc) is 3.11. The number of anilines is 1. The molecule has 0 aliphatic carbocycles. The van der Waals surface area contributed by atoms with Crippen molar-refractivity contribution < 1.29 is 18.0 Å². The summed E-state index contributed by atoms with van der Waals surface area (Å²) in [5.41, 5.74) is 1.61. The van der Waals surface area contributed by atoms with E-state index in [1.54, 1.807) is 18.4 Å². The highest BCUT2D eigenvalue weighted by molar-refractivity contribution is 7.14. The zero-order valence-electron chi connectivity index (χ0n) is 11.4. The van der Waals surface area contributed by atoms with Gasteiger partial charge in [0.1, 0.15) is 0 Å². The number of nitrogens with zero attached hydrogens (tertiary/aromatic N) is 1. The zero-order valence-corrected chi connectivity index (χ0v) is 12.2. The minimum atomic E-state index is -0.942. The van der Waals surface area contributed by atoms with Crippen LogP contribution < -0.4 is 5.32 Å². The van der Waals surface area contributed by atoms with E-state index in [0.717, 1.165) is 17.7 Å². The second-order valence-electron chi connectivity index (χ2n) is 4.55. The molecule has 0 radical (unpaired) electrons. The van der Waals surface area contributed by atoms with Gasteiger partial charge in [0.15, 0.2) is 22.5 Å².